The molecule has 4 heteroatoms. The second-order valence-corrected chi connectivity index (χ2v) is 5.66. The average molecular weight is 263 g/mol. The first kappa shape index (κ1) is 13.1. The van der Waals surface area contributed by atoms with Crippen molar-refractivity contribution in [1.82, 2.24) is 4.98 Å². The highest BCUT2D eigenvalue weighted by molar-refractivity contribution is 7.99. The molecule has 1 aliphatic rings. The lowest BCUT2D eigenvalue weighted by Crippen LogP contribution is -2.00. The SMILES string of the molecule is O=C(O)Cc1ccc(/C=C2/CCCSCC2)nc1. The Morgan fingerprint density at radius 3 is 3.00 bits per heavy atom. The molecule has 0 aliphatic carbocycles. The molecule has 1 aromatic heterocycles. The maximum absolute atomic E-state index is 10.6. The van der Waals surface area contributed by atoms with Crippen molar-refractivity contribution in [2.45, 2.75) is 25.7 Å². The zero-order valence-electron chi connectivity index (χ0n) is 10.3. The number of carboxylic acid groups (broad SMARTS) is 1. The van der Waals surface area contributed by atoms with Crippen molar-refractivity contribution >= 4 is 23.8 Å². The number of nitrogens with zero attached hydrogens (tertiary/aromatic N) is 1. The van der Waals surface area contributed by atoms with Crippen LogP contribution in [0.25, 0.3) is 6.08 Å². The van der Waals surface area contributed by atoms with Crippen LogP contribution >= 0.6 is 11.8 Å². The van der Waals surface area contributed by atoms with E-state index in [0.717, 1.165) is 24.1 Å². The summed E-state index contributed by atoms with van der Waals surface area (Å²) in [6, 6.07) is 3.75. The summed E-state index contributed by atoms with van der Waals surface area (Å²) < 4.78 is 0. The zero-order chi connectivity index (χ0) is 12.8. The third-order valence-corrected chi connectivity index (χ3v) is 3.98. The quantitative estimate of drug-likeness (QED) is 0.910. The minimum absolute atomic E-state index is 0.0422. The number of pyridine rings is 1. The third-order valence-electron chi connectivity index (χ3n) is 2.91. The van der Waals surface area contributed by atoms with Gasteiger partial charge in [0.25, 0.3) is 0 Å². The molecule has 0 radical (unpaired) electrons. The van der Waals surface area contributed by atoms with E-state index in [4.69, 9.17) is 5.11 Å². The predicted molar refractivity (Wildman–Crippen MR) is 74.7 cm³/mol. The molecule has 1 fully saturated rings. The van der Waals surface area contributed by atoms with Crippen molar-refractivity contribution in [3.05, 3.63) is 35.2 Å². The van der Waals surface area contributed by atoms with Crippen LogP contribution in [0.3, 0.4) is 0 Å². The molecule has 1 aliphatic heterocycles. The van der Waals surface area contributed by atoms with E-state index in [1.54, 1.807) is 6.20 Å². The first-order valence-electron chi connectivity index (χ1n) is 6.18. The number of aliphatic carboxylic acids is 1. The smallest absolute Gasteiger partial charge is 0.307 e. The summed E-state index contributed by atoms with van der Waals surface area (Å²) in [4.78, 5) is 14.9. The van der Waals surface area contributed by atoms with Crippen molar-refractivity contribution < 1.29 is 9.90 Å². The standard InChI is InChI=1S/C14H17NO2S/c16-14(17)9-12-3-4-13(15-10-12)8-11-2-1-6-18-7-5-11/h3-4,8,10H,1-2,5-7,9H2,(H,16,17)/b11-8-. The molecular formula is C14H17NO2S. The van der Waals surface area contributed by atoms with Crippen molar-refractivity contribution in [2.24, 2.45) is 0 Å². The number of aromatic nitrogens is 1. The Morgan fingerprint density at radius 2 is 2.28 bits per heavy atom. The Morgan fingerprint density at radius 1 is 1.39 bits per heavy atom. The van der Waals surface area contributed by atoms with Crippen LogP contribution in [0.4, 0.5) is 0 Å². The lowest BCUT2D eigenvalue weighted by atomic mass is 10.1. The summed E-state index contributed by atoms with van der Waals surface area (Å²) in [5.74, 6) is 1.63. The molecule has 1 aromatic rings. The van der Waals surface area contributed by atoms with Crippen LogP contribution in [-0.2, 0) is 11.2 Å². The lowest BCUT2D eigenvalue weighted by molar-refractivity contribution is -0.136. The molecule has 2 heterocycles. The summed E-state index contributed by atoms with van der Waals surface area (Å²) >= 11 is 2.01. The van der Waals surface area contributed by atoms with Gasteiger partial charge in [0.1, 0.15) is 0 Å². The van der Waals surface area contributed by atoms with Gasteiger partial charge in [-0.25, -0.2) is 0 Å². The number of carboxylic acids is 1. The molecule has 0 spiro atoms. The van der Waals surface area contributed by atoms with E-state index in [9.17, 15) is 4.79 Å². The third kappa shape index (κ3) is 4.18. The molecule has 0 atom stereocenters. The van der Waals surface area contributed by atoms with Gasteiger partial charge in [-0.05, 0) is 48.5 Å². The minimum atomic E-state index is -0.816. The number of rotatable bonds is 3. The monoisotopic (exact) mass is 263 g/mol. The summed E-state index contributed by atoms with van der Waals surface area (Å²) in [5.41, 5.74) is 3.14. The van der Waals surface area contributed by atoms with E-state index in [0.29, 0.717) is 0 Å². The summed E-state index contributed by atoms with van der Waals surface area (Å²) in [7, 11) is 0. The molecule has 0 saturated carbocycles. The van der Waals surface area contributed by atoms with Gasteiger partial charge in [0, 0.05) is 6.20 Å². The Labute approximate surface area is 111 Å². The van der Waals surface area contributed by atoms with Crippen LogP contribution in [-0.4, -0.2) is 27.6 Å². The average Bonchev–Trinajstić information content (AvgIpc) is 2.60. The van der Waals surface area contributed by atoms with Gasteiger partial charge in [0.05, 0.1) is 12.1 Å². The summed E-state index contributed by atoms with van der Waals surface area (Å²) in [6.45, 7) is 0. The van der Waals surface area contributed by atoms with Crippen LogP contribution in [0.1, 0.15) is 30.5 Å². The molecule has 3 nitrogen and oxygen atoms in total. The maximum Gasteiger partial charge on any atom is 0.307 e. The lowest BCUT2D eigenvalue weighted by Gasteiger charge is -2.02. The Hall–Kier alpha value is -1.29. The molecule has 1 saturated heterocycles. The van der Waals surface area contributed by atoms with Crippen LogP contribution in [0, 0.1) is 0 Å². The van der Waals surface area contributed by atoms with Gasteiger partial charge >= 0.3 is 5.97 Å². The number of hydrogen-bond acceptors (Lipinski definition) is 3. The van der Waals surface area contributed by atoms with Gasteiger partial charge in [-0.1, -0.05) is 11.6 Å². The number of thioether (sulfide) groups is 1. The van der Waals surface area contributed by atoms with Gasteiger partial charge in [0.2, 0.25) is 0 Å². The molecule has 0 unspecified atom stereocenters. The fourth-order valence-electron chi connectivity index (χ4n) is 1.99. The van der Waals surface area contributed by atoms with E-state index >= 15 is 0 Å². The van der Waals surface area contributed by atoms with Gasteiger partial charge in [-0.15, -0.1) is 0 Å². The minimum Gasteiger partial charge on any atom is -0.481 e. The maximum atomic E-state index is 10.6. The second kappa shape index (κ2) is 6.59. The van der Waals surface area contributed by atoms with E-state index < -0.39 is 5.97 Å². The largest absolute Gasteiger partial charge is 0.481 e. The van der Waals surface area contributed by atoms with Crippen molar-refractivity contribution in [3.8, 4) is 0 Å². The molecule has 0 bridgehead atoms. The predicted octanol–water partition coefficient (Wildman–Crippen LogP) is 3.01. The Bertz CT molecular complexity index is 430. The first-order chi connectivity index (χ1) is 8.74. The fraction of sp³-hybridized carbons (Fsp3) is 0.429. The molecule has 2 rings (SSSR count). The van der Waals surface area contributed by atoms with Crippen molar-refractivity contribution in [1.29, 1.82) is 0 Å². The Kier molecular flexibility index (Phi) is 4.81. The summed E-state index contributed by atoms with van der Waals surface area (Å²) in [6.07, 6.45) is 7.39. The normalized spacial score (nSPS) is 18.6. The van der Waals surface area contributed by atoms with Crippen LogP contribution in [0.5, 0.6) is 0 Å². The zero-order valence-corrected chi connectivity index (χ0v) is 11.1. The van der Waals surface area contributed by atoms with Gasteiger partial charge in [-0.2, -0.15) is 11.8 Å². The van der Waals surface area contributed by atoms with Crippen molar-refractivity contribution in [2.75, 3.05) is 11.5 Å². The topological polar surface area (TPSA) is 50.2 Å². The van der Waals surface area contributed by atoms with E-state index in [1.165, 1.54) is 23.5 Å². The van der Waals surface area contributed by atoms with Gasteiger partial charge in [-0.3, -0.25) is 9.78 Å². The molecule has 18 heavy (non-hydrogen) atoms. The van der Waals surface area contributed by atoms with E-state index in [2.05, 4.69) is 11.1 Å². The van der Waals surface area contributed by atoms with Crippen LogP contribution in [0.15, 0.2) is 23.9 Å². The van der Waals surface area contributed by atoms with Gasteiger partial charge < -0.3 is 5.11 Å². The highest BCUT2D eigenvalue weighted by Gasteiger charge is 2.05. The molecule has 0 aromatic carbocycles. The summed E-state index contributed by atoms with van der Waals surface area (Å²) in [5, 5.41) is 8.69. The number of hydrogen-bond donors (Lipinski definition) is 1. The van der Waals surface area contributed by atoms with E-state index in [1.807, 2.05) is 23.9 Å². The Balaban J connectivity index is 2.04. The van der Waals surface area contributed by atoms with Crippen LogP contribution in [0.2, 0.25) is 0 Å². The van der Waals surface area contributed by atoms with Crippen molar-refractivity contribution in [3.63, 3.8) is 0 Å². The number of carbonyl (C=O) groups is 1. The molecular weight excluding hydrogens is 246 g/mol. The molecule has 96 valence electrons. The highest BCUT2D eigenvalue weighted by Crippen LogP contribution is 2.22. The van der Waals surface area contributed by atoms with Gasteiger partial charge in [0.15, 0.2) is 0 Å². The fourth-order valence-corrected chi connectivity index (χ4v) is 2.94. The molecule has 1 N–H and O–H groups in total. The van der Waals surface area contributed by atoms with E-state index in [-0.39, 0.29) is 6.42 Å². The second-order valence-electron chi connectivity index (χ2n) is 4.43. The van der Waals surface area contributed by atoms with Crippen LogP contribution < -0.4 is 0 Å². The number of allylic oxidation sites excluding steroid dienone is 1. The first-order valence-corrected chi connectivity index (χ1v) is 7.33. The highest BCUT2D eigenvalue weighted by atomic mass is 32.2. The molecule has 0 amide bonds.